The average Bonchev–Trinajstić information content (AvgIpc) is 2.33. The summed E-state index contributed by atoms with van der Waals surface area (Å²) in [5.74, 6) is 0.0153. The Bertz CT molecular complexity index is 495. The van der Waals surface area contributed by atoms with Gasteiger partial charge in [0.1, 0.15) is 12.4 Å². The maximum atomic E-state index is 11.1. The lowest BCUT2D eigenvalue weighted by Gasteiger charge is -2.05. The van der Waals surface area contributed by atoms with Gasteiger partial charge in [-0.25, -0.2) is 8.42 Å². The molecule has 0 fully saturated rings. The first-order valence-electron chi connectivity index (χ1n) is 5.21. The second kappa shape index (κ2) is 6.72. The highest BCUT2D eigenvalue weighted by atomic mass is 35.7. The van der Waals surface area contributed by atoms with Crippen LogP contribution in [0.25, 0.3) is 0 Å². The van der Waals surface area contributed by atoms with Crippen molar-refractivity contribution >= 4 is 25.5 Å². The van der Waals surface area contributed by atoms with Gasteiger partial charge < -0.3 is 9.84 Å². The first-order chi connectivity index (χ1) is 8.42. The number of ketones is 1. The van der Waals surface area contributed by atoms with Crippen LogP contribution in [0.1, 0.15) is 16.8 Å². The topological polar surface area (TPSA) is 80.7 Å². The third kappa shape index (κ3) is 5.48. The highest BCUT2D eigenvalue weighted by molar-refractivity contribution is 8.13. The molecule has 100 valence electrons. The lowest BCUT2D eigenvalue weighted by molar-refractivity contribution is 0.0903. The van der Waals surface area contributed by atoms with E-state index in [0.29, 0.717) is 17.7 Å². The minimum Gasteiger partial charge on any atom is -0.494 e. The van der Waals surface area contributed by atoms with E-state index in [1.807, 2.05) is 0 Å². The van der Waals surface area contributed by atoms with E-state index < -0.39 is 15.7 Å². The van der Waals surface area contributed by atoms with Gasteiger partial charge in [-0.15, -0.1) is 0 Å². The predicted octanol–water partition coefficient (Wildman–Crippen LogP) is 1.20. The molecule has 0 heterocycles. The second-order valence-corrected chi connectivity index (χ2v) is 6.45. The van der Waals surface area contributed by atoms with Gasteiger partial charge in [0.05, 0.1) is 12.4 Å². The monoisotopic (exact) mass is 292 g/mol. The molecule has 18 heavy (non-hydrogen) atoms. The predicted molar refractivity (Wildman–Crippen MR) is 67.6 cm³/mol. The van der Waals surface area contributed by atoms with Crippen molar-refractivity contribution in [2.75, 3.05) is 19.0 Å². The van der Waals surface area contributed by atoms with Crippen molar-refractivity contribution in [2.45, 2.75) is 6.42 Å². The largest absolute Gasteiger partial charge is 0.494 e. The van der Waals surface area contributed by atoms with E-state index in [-0.39, 0.29) is 18.1 Å². The number of benzene rings is 1. The van der Waals surface area contributed by atoms with Gasteiger partial charge in [0, 0.05) is 16.2 Å². The number of aliphatic hydroxyl groups excluding tert-OH is 1. The molecule has 0 atom stereocenters. The van der Waals surface area contributed by atoms with Crippen LogP contribution in [0.3, 0.4) is 0 Å². The molecule has 1 aromatic carbocycles. The Balaban J connectivity index is 2.42. The van der Waals surface area contributed by atoms with Gasteiger partial charge in [-0.1, -0.05) is 0 Å². The maximum Gasteiger partial charge on any atom is 0.232 e. The Morgan fingerprint density at radius 2 is 1.89 bits per heavy atom. The number of aliphatic hydroxyl groups is 1. The van der Waals surface area contributed by atoms with E-state index in [1.54, 1.807) is 12.1 Å². The summed E-state index contributed by atoms with van der Waals surface area (Å²) in [5, 5.41) is 8.66. The highest BCUT2D eigenvalue weighted by Crippen LogP contribution is 2.13. The summed E-state index contributed by atoms with van der Waals surface area (Å²) in [5.41, 5.74) is 0.396. The summed E-state index contributed by atoms with van der Waals surface area (Å²) in [7, 11) is 1.56. The molecule has 5 nitrogen and oxygen atoms in total. The number of carbonyl (C=O) groups excluding carboxylic acids is 1. The van der Waals surface area contributed by atoms with Gasteiger partial charge in [0.2, 0.25) is 9.05 Å². The van der Waals surface area contributed by atoms with E-state index >= 15 is 0 Å². The standard InChI is InChI=1S/C11H13ClO5S/c12-18(15,16)7-1-6-17-10-4-2-9(3-5-10)11(14)8-13/h2-5,13H,1,6-8H2. The van der Waals surface area contributed by atoms with Gasteiger partial charge >= 0.3 is 0 Å². The van der Waals surface area contributed by atoms with Crippen molar-refractivity contribution in [3.63, 3.8) is 0 Å². The fourth-order valence-corrected chi connectivity index (χ4v) is 2.04. The molecule has 0 saturated heterocycles. The number of carbonyl (C=O) groups is 1. The van der Waals surface area contributed by atoms with Crippen molar-refractivity contribution in [2.24, 2.45) is 0 Å². The van der Waals surface area contributed by atoms with Gasteiger partial charge in [-0.3, -0.25) is 4.79 Å². The van der Waals surface area contributed by atoms with Crippen LogP contribution < -0.4 is 4.74 Å². The molecule has 0 bridgehead atoms. The Hall–Kier alpha value is -1.11. The average molecular weight is 293 g/mol. The van der Waals surface area contributed by atoms with Crippen LogP contribution in [0.15, 0.2) is 24.3 Å². The number of ether oxygens (including phenoxy) is 1. The number of Topliss-reactive ketones (excluding diaryl/α,β-unsaturated/α-hetero) is 1. The highest BCUT2D eigenvalue weighted by Gasteiger charge is 2.06. The van der Waals surface area contributed by atoms with Crippen LogP contribution in [0.4, 0.5) is 0 Å². The summed E-state index contributed by atoms with van der Waals surface area (Å²) in [6.07, 6.45) is 0.295. The zero-order valence-electron chi connectivity index (χ0n) is 9.50. The zero-order chi connectivity index (χ0) is 13.6. The molecular weight excluding hydrogens is 280 g/mol. The lowest BCUT2D eigenvalue weighted by Crippen LogP contribution is -2.06. The van der Waals surface area contributed by atoms with Gasteiger partial charge in [-0.2, -0.15) is 0 Å². The maximum absolute atomic E-state index is 11.1. The fraction of sp³-hybridized carbons (Fsp3) is 0.364. The van der Waals surface area contributed by atoms with Crippen LogP contribution in [-0.2, 0) is 9.05 Å². The fourth-order valence-electron chi connectivity index (χ4n) is 1.25. The molecule has 0 amide bonds. The summed E-state index contributed by atoms with van der Waals surface area (Å²) >= 11 is 0. The normalized spacial score (nSPS) is 11.2. The molecule has 1 N–H and O–H groups in total. The molecule has 0 saturated carbocycles. The molecule has 1 aromatic rings. The Morgan fingerprint density at radius 3 is 2.39 bits per heavy atom. The van der Waals surface area contributed by atoms with E-state index in [9.17, 15) is 13.2 Å². The SMILES string of the molecule is O=C(CO)c1ccc(OCCCS(=O)(=O)Cl)cc1. The van der Waals surface area contributed by atoms with Gasteiger partial charge in [0.25, 0.3) is 0 Å². The molecular formula is C11H13ClO5S. The summed E-state index contributed by atoms with van der Waals surface area (Å²) in [6.45, 7) is -0.312. The summed E-state index contributed by atoms with van der Waals surface area (Å²) < 4.78 is 26.6. The number of hydrogen-bond donors (Lipinski definition) is 1. The lowest BCUT2D eigenvalue weighted by atomic mass is 10.1. The summed E-state index contributed by atoms with van der Waals surface area (Å²) in [4.78, 5) is 11.1. The smallest absolute Gasteiger partial charge is 0.232 e. The van der Waals surface area contributed by atoms with Crippen molar-refractivity contribution in [3.05, 3.63) is 29.8 Å². The van der Waals surface area contributed by atoms with Crippen molar-refractivity contribution < 1.29 is 23.1 Å². The molecule has 0 aromatic heterocycles. The first kappa shape index (κ1) is 14.9. The van der Waals surface area contributed by atoms with Crippen LogP contribution in [0.2, 0.25) is 0 Å². The Morgan fingerprint density at radius 1 is 1.28 bits per heavy atom. The third-order valence-electron chi connectivity index (χ3n) is 2.12. The molecule has 0 unspecified atom stereocenters. The van der Waals surface area contributed by atoms with Crippen molar-refractivity contribution in [1.82, 2.24) is 0 Å². The third-order valence-corrected chi connectivity index (χ3v) is 3.36. The van der Waals surface area contributed by atoms with E-state index in [4.69, 9.17) is 20.5 Å². The minimum atomic E-state index is -3.48. The number of hydrogen-bond acceptors (Lipinski definition) is 5. The first-order valence-corrected chi connectivity index (χ1v) is 7.69. The van der Waals surface area contributed by atoms with Crippen LogP contribution in [-0.4, -0.2) is 38.3 Å². The molecule has 0 radical (unpaired) electrons. The van der Waals surface area contributed by atoms with Crippen LogP contribution in [0.5, 0.6) is 5.75 Å². The molecule has 0 aliphatic rings. The molecule has 0 aliphatic carbocycles. The molecule has 0 aliphatic heterocycles. The van der Waals surface area contributed by atoms with E-state index in [0.717, 1.165) is 0 Å². The summed E-state index contributed by atoms with van der Waals surface area (Å²) in [6, 6.07) is 6.23. The molecule has 1 rings (SSSR count). The van der Waals surface area contributed by atoms with E-state index in [2.05, 4.69) is 0 Å². The number of rotatable bonds is 7. The molecule has 7 heteroatoms. The number of halogens is 1. The molecule has 0 spiro atoms. The zero-order valence-corrected chi connectivity index (χ0v) is 11.1. The minimum absolute atomic E-state index is 0.143. The Kier molecular flexibility index (Phi) is 5.58. The quantitative estimate of drug-likeness (QED) is 0.464. The Labute approximate surface area is 110 Å². The van der Waals surface area contributed by atoms with Crippen molar-refractivity contribution in [3.8, 4) is 5.75 Å². The second-order valence-electron chi connectivity index (χ2n) is 3.55. The van der Waals surface area contributed by atoms with Gasteiger partial charge in [0.15, 0.2) is 5.78 Å². The van der Waals surface area contributed by atoms with Crippen LogP contribution in [0, 0.1) is 0 Å². The van der Waals surface area contributed by atoms with E-state index in [1.165, 1.54) is 12.1 Å². The van der Waals surface area contributed by atoms with Crippen molar-refractivity contribution in [1.29, 1.82) is 0 Å². The van der Waals surface area contributed by atoms with Gasteiger partial charge in [-0.05, 0) is 30.7 Å². The van der Waals surface area contributed by atoms with Crippen LogP contribution >= 0.6 is 10.7 Å².